The van der Waals surface area contributed by atoms with E-state index in [1.54, 1.807) is 25.3 Å². The first-order valence-corrected chi connectivity index (χ1v) is 16.9. The highest BCUT2D eigenvalue weighted by molar-refractivity contribution is 7.89. The molecule has 1 saturated heterocycles. The molecule has 228 valence electrons. The Morgan fingerprint density at radius 3 is 2.47 bits per heavy atom. The van der Waals surface area contributed by atoms with E-state index in [1.807, 2.05) is 18.2 Å². The second-order valence-corrected chi connectivity index (χ2v) is 14.0. The number of carbonyl (C=O) groups is 3. The fourth-order valence-corrected chi connectivity index (χ4v) is 8.00. The first-order valence-electron chi connectivity index (χ1n) is 14.7. The molecule has 1 saturated carbocycles. The van der Waals surface area contributed by atoms with Gasteiger partial charge in [-0.3, -0.25) is 19.4 Å². The Labute approximate surface area is 255 Å². The van der Waals surface area contributed by atoms with Gasteiger partial charge in [0.1, 0.15) is 15.9 Å². The maximum atomic E-state index is 13.7. The molecule has 13 heteroatoms. The van der Waals surface area contributed by atoms with Crippen LogP contribution < -0.4 is 10.6 Å². The zero-order chi connectivity index (χ0) is 30.4. The fourth-order valence-electron chi connectivity index (χ4n) is 5.68. The molecular weight excluding hydrogens is 589 g/mol. The van der Waals surface area contributed by atoms with E-state index >= 15 is 0 Å². The summed E-state index contributed by atoms with van der Waals surface area (Å²) in [6.45, 7) is 1.53. The highest BCUT2D eigenvalue weighted by atomic mass is 32.2. The number of aryl methyl sites for hydroxylation is 1. The molecule has 3 aromatic rings. The minimum atomic E-state index is -3.95. The molecule has 1 unspecified atom stereocenters. The fraction of sp³-hybridized carbons (Fsp3) is 0.467. The van der Waals surface area contributed by atoms with E-state index in [9.17, 15) is 22.8 Å². The van der Waals surface area contributed by atoms with Crippen molar-refractivity contribution in [2.24, 2.45) is 5.92 Å². The lowest BCUT2D eigenvalue weighted by Gasteiger charge is -2.27. The summed E-state index contributed by atoms with van der Waals surface area (Å²) >= 11 is 1.22. The van der Waals surface area contributed by atoms with Crippen LogP contribution in [0.2, 0.25) is 0 Å². The summed E-state index contributed by atoms with van der Waals surface area (Å²) in [5.41, 5.74) is 1.21. The number of nitrogens with one attached hydrogen (secondary N) is 2. The average molecular weight is 625 g/mol. The SMILES string of the molecule is Cc1nc(-c2ccccn2)sc1C(=O)N[C@@H](CC1CCCCC1)C(=O)NC1CCCN(S(=O)(=O)c2ccccn2)CC1=O. The minimum Gasteiger partial charge on any atom is -0.344 e. The number of pyridine rings is 2. The molecule has 43 heavy (non-hydrogen) atoms. The summed E-state index contributed by atoms with van der Waals surface area (Å²) in [5.74, 6) is -0.954. The summed E-state index contributed by atoms with van der Waals surface area (Å²) in [5, 5.41) is 6.28. The van der Waals surface area contributed by atoms with Crippen molar-refractivity contribution in [1.29, 1.82) is 0 Å². The molecular formula is C30H36N6O5S2. The lowest BCUT2D eigenvalue weighted by Crippen LogP contribution is -2.53. The molecule has 4 heterocycles. The van der Waals surface area contributed by atoms with E-state index in [1.165, 1.54) is 23.6 Å². The first-order chi connectivity index (χ1) is 20.7. The minimum absolute atomic E-state index is 0.120. The Kier molecular flexibility index (Phi) is 9.93. The number of carbonyl (C=O) groups excluding carboxylic acids is 3. The molecule has 0 radical (unpaired) electrons. The number of amides is 2. The van der Waals surface area contributed by atoms with E-state index in [-0.39, 0.29) is 24.0 Å². The van der Waals surface area contributed by atoms with Crippen LogP contribution in [0, 0.1) is 12.8 Å². The van der Waals surface area contributed by atoms with E-state index in [0.29, 0.717) is 40.5 Å². The zero-order valence-electron chi connectivity index (χ0n) is 24.1. The molecule has 2 fully saturated rings. The van der Waals surface area contributed by atoms with Crippen molar-refractivity contribution in [2.75, 3.05) is 13.1 Å². The van der Waals surface area contributed by atoms with Gasteiger partial charge in [0.05, 0.1) is 24.0 Å². The molecule has 1 aliphatic heterocycles. The normalized spacial score (nSPS) is 19.4. The Hall–Kier alpha value is -3.55. The third-order valence-electron chi connectivity index (χ3n) is 7.98. The van der Waals surface area contributed by atoms with Crippen LogP contribution >= 0.6 is 11.3 Å². The monoisotopic (exact) mass is 624 g/mol. The molecule has 3 aromatic heterocycles. The van der Waals surface area contributed by atoms with Crippen LogP contribution in [0.1, 0.15) is 66.7 Å². The largest absolute Gasteiger partial charge is 0.344 e. The summed E-state index contributed by atoms with van der Waals surface area (Å²) in [6, 6.07) is 8.38. The van der Waals surface area contributed by atoms with Crippen LogP contribution in [0.25, 0.3) is 10.7 Å². The lowest BCUT2D eigenvalue weighted by atomic mass is 9.84. The van der Waals surface area contributed by atoms with Crippen LogP contribution in [0.15, 0.2) is 53.8 Å². The molecule has 2 aliphatic rings. The highest BCUT2D eigenvalue weighted by Crippen LogP contribution is 2.29. The van der Waals surface area contributed by atoms with Gasteiger partial charge < -0.3 is 10.6 Å². The van der Waals surface area contributed by atoms with Gasteiger partial charge in [0.25, 0.3) is 15.9 Å². The third kappa shape index (κ3) is 7.51. The molecule has 2 N–H and O–H groups in total. The van der Waals surface area contributed by atoms with Crippen LogP contribution in [0.3, 0.4) is 0 Å². The number of thiazole rings is 1. The van der Waals surface area contributed by atoms with Gasteiger partial charge >= 0.3 is 0 Å². The van der Waals surface area contributed by atoms with E-state index in [0.717, 1.165) is 36.4 Å². The number of hydrogen-bond acceptors (Lipinski definition) is 9. The number of ketones is 1. The maximum Gasteiger partial charge on any atom is 0.263 e. The van der Waals surface area contributed by atoms with E-state index in [4.69, 9.17) is 0 Å². The summed E-state index contributed by atoms with van der Waals surface area (Å²) in [4.78, 5) is 53.6. The van der Waals surface area contributed by atoms with Gasteiger partial charge in [-0.1, -0.05) is 44.2 Å². The topological polar surface area (TPSA) is 151 Å². The molecule has 11 nitrogen and oxygen atoms in total. The van der Waals surface area contributed by atoms with Crippen molar-refractivity contribution in [3.8, 4) is 10.7 Å². The maximum absolute atomic E-state index is 13.7. The average Bonchev–Trinajstić information content (AvgIpc) is 3.32. The summed E-state index contributed by atoms with van der Waals surface area (Å²) < 4.78 is 27.3. The van der Waals surface area contributed by atoms with Crippen molar-refractivity contribution < 1.29 is 22.8 Å². The number of hydrogen-bond donors (Lipinski definition) is 2. The molecule has 0 bridgehead atoms. The van der Waals surface area contributed by atoms with E-state index < -0.39 is 39.7 Å². The van der Waals surface area contributed by atoms with Crippen molar-refractivity contribution in [1.82, 2.24) is 29.9 Å². The number of sulfonamides is 1. The van der Waals surface area contributed by atoms with Crippen molar-refractivity contribution in [3.05, 3.63) is 59.4 Å². The second-order valence-electron chi connectivity index (χ2n) is 11.1. The lowest BCUT2D eigenvalue weighted by molar-refractivity contribution is -0.129. The van der Waals surface area contributed by atoms with Crippen LogP contribution in [-0.4, -0.2) is 70.4 Å². The predicted octanol–water partition coefficient (Wildman–Crippen LogP) is 3.52. The standard InChI is InChI=1S/C30H36N6O5S2/c1-20-27(42-30(33-20)23-12-5-7-15-31-23)29(39)35-24(18-21-10-3-2-4-11-21)28(38)34-22-13-9-17-36(19-25(22)37)43(40,41)26-14-6-8-16-32-26/h5-8,12,14-16,21-22,24H,2-4,9-11,13,17-19H2,1H3,(H,34,38)(H,35,39)/t22?,24-/m0/s1. The number of Topliss-reactive ketones (excluding diaryl/α,β-unsaturated/α-hetero) is 1. The number of nitrogens with zero attached hydrogens (tertiary/aromatic N) is 4. The van der Waals surface area contributed by atoms with Gasteiger partial charge in [0.2, 0.25) is 5.91 Å². The van der Waals surface area contributed by atoms with Gasteiger partial charge in [-0.25, -0.2) is 18.4 Å². The third-order valence-corrected chi connectivity index (χ3v) is 10.9. The Bertz CT molecular complexity index is 1540. The highest BCUT2D eigenvalue weighted by Gasteiger charge is 2.35. The molecule has 2 amide bonds. The number of aromatic nitrogens is 3. The summed E-state index contributed by atoms with van der Waals surface area (Å²) in [7, 11) is -3.95. The van der Waals surface area contributed by atoms with Crippen LogP contribution in [-0.2, 0) is 19.6 Å². The quantitative estimate of drug-likeness (QED) is 0.367. The number of rotatable bonds is 9. The summed E-state index contributed by atoms with van der Waals surface area (Å²) in [6.07, 6.45) is 9.47. The van der Waals surface area contributed by atoms with Crippen molar-refractivity contribution >= 4 is 39.0 Å². The van der Waals surface area contributed by atoms with Crippen molar-refractivity contribution in [3.63, 3.8) is 0 Å². The Morgan fingerprint density at radius 1 is 1.02 bits per heavy atom. The van der Waals surface area contributed by atoms with Gasteiger partial charge in [-0.2, -0.15) is 4.31 Å². The van der Waals surface area contributed by atoms with Gasteiger partial charge in [0.15, 0.2) is 10.8 Å². The molecule has 1 aliphatic carbocycles. The molecule has 0 spiro atoms. The van der Waals surface area contributed by atoms with Crippen LogP contribution in [0.4, 0.5) is 0 Å². The second kappa shape index (κ2) is 13.8. The first kappa shape index (κ1) is 30.9. The Balaban J connectivity index is 1.29. The smallest absolute Gasteiger partial charge is 0.263 e. The van der Waals surface area contributed by atoms with Gasteiger partial charge in [0, 0.05) is 18.9 Å². The van der Waals surface area contributed by atoms with Crippen molar-refractivity contribution in [2.45, 2.75) is 75.4 Å². The predicted molar refractivity (Wildman–Crippen MR) is 162 cm³/mol. The molecule has 5 rings (SSSR count). The van der Waals surface area contributed by atoms with E-state index in [2.05, 4.69) is 25.6 Å². The van der Waals surface area contributed by atoms with Crippen LogP contribution in [0.5, 0.6) is 0 Å². The zero-order valence-corrected chi connectivity index (χ0v) is 25.7. The molecule has 0 aromatic carbocycles. The van der Waals surface area contributed by atoms with Gasteiger partial charge in [-0.15, -0.1) is 11.3 Å². The molecule has 2 atom stereocenters. The Morgan fingerprint density at radius 2 is 1.77 bits per heavy atom. The van der Waals surface area contributed by atoms with Gasteiger partial charge in [-0.05, 0) is 56.4 Å².